The van der Waals surface area contributed by atoms with E-state index in [2.05, 4.69) is 0 Å². The molecule has 0 saturated heterocycles. The molecule has 0 atom stereocenters. The Morgan fingerprint density at radius 1 is 1.11 bits per heavy atom. The highest BCUT2D eigenvalue weighted by Crippen LogP contribution is 2.37. The van der Waals surface area contributed by atoms with Gasteiger partial charge in [-0.2, -0.15) is 0 Å². The van der Waals surface area contributed by atoms with Gasteiger partial charge in [0.15, 0.2) is 9.84 Å². The number of sulfone groups is 1. The van der Waals surface area contributed by atoms with E-state index in [1.807, 2.05) is 0 Å². The molecule has 1 N–H and O–H groups in total. The number of carboxylic acids is 1. The van der Waals surface area contributed by atoms with Crippen LogP contribution in [0.3, 0.4) is 0 Å². The minimum atomic E-state index is -3.74. The van der Waals surface area contributed by atoms with Gasteiger partial charge in [-0.1, -0.05) is 12.1 Å². The van der Waals surface area contributed by atoms with E-state index < -0.39 is 32.3 Å². The van der Waals surface area contributed by atoms with Crippen LogP contribution in [0.15, 0.2) is 47.4 Å². The molecule has 0 aliphatic rings. The van der Waals surface area contributed by atoms with Crippen molar-refractivity contribution in [1.82, 2.24) is 0 Å². The molecule has 146 valence electrons. The Morgan fingerprint density at radius 3 is 2.43 bits per heavy atom. The molecule has 28 heavy (non-hydrogen) atoms. The number of ether oxygens (including phenoxy) is 1. The largest absolute Gasteiger partial charge is 0.481 e. The monoisotopic (exact) mass is 406 g/mol. The van der Waals surface area contributed by atoms with Gasteiger partial charge in [0.05, 0.1) is 6.42 Å². The number of carbonyl (C=O) groups is 1. The predicted octanol–water partition coefficient (Wildman–Crippen LogP) is 4.25. The third-order valence-corrected chi connectivity index (χ3v) is 5.41. The molecule has 0 fully saturated rings. The van der Waals surface area contributed by atoms with E-state index in [0.29, 0.717) is 21.9 Å². The molecule has 0 saturated carbocycles. The van der Waals surface area contributed by atoms with Crippen LogP contribution < -0.4 is 4.74 Å². The van der Waals surface area contributed by atoms with Gasteiger partial charge in [0.2, 0.25) is 0 Å². The van der Waals surface area contributed by atoms with Crippen LogP contribution in [0.5, 0.6) is 11.5 Å². The lowest BCUT2D eigenvalue weighted by molar-refractivity contribution is -0.136. The first-order valence-corrected chi connectivity index (χ1v) is 10.1. The molecule has 3 aromatic carbocycles. The van der Waals surface area contributed by atoms with Gasteiger partial charge in [0.1, 0.15) is 28.0 Å². The number of aliphatic carboxylic acids is 1. The molecule has 5 nitrogen and oxygen atoms in total. The second kappa shape index (κ2) is 7.20. The predicted molar refractivity (Wildman–Crippen MR) is 99.6 cm³/mol. The summed E-state index contributed by atoms with van der Waals surface area (Å²) in [5.74, 6) is -2.35. The zero-order valence-electron chi connectivity index (χ0n) is 15.0. The maximum Gasteiger partial charge on any atom is 0.307 e. The highest BCUT2D eigenvalue weighted by atomic mass is 32.2. The zero-order chi connectivity index (χ0) is 20.6. The van der Waals surface area contributed by atoms with Crippen molar-refractivity contribution in [2.24, 2.45) is 0 Å². The van der Waals surface area contributed by atoms with E-state index in [0.717, 1.165) is 18.4 Å². The lowest BCUT2D eigenvalue weighted by Crippen LogP contribution is -2.04. The molecule has 8 heteroatoms. The van der Waals surface area contributed by atoms with Crippen molar-refractivity contribution in [1.29, 1.82) is 0 Å². The van der Waals surface area contributed by atoms with Gasteiger partial charge in [-0.15, -0.1) is 0 Å². The molecule has 0 unspecified atom stereocenters. The van der Waals surface area contributed by atoms with Crippen LogP contribution >= 0.6 is 0 Å². The van der Waals surface area contributed by atoms with E-state index in [1.54, 1.807) is 13.0 Å². The summed E-state index contributed by atoms with van der Waals surface area (Å²) >= 11 is 0. The number of carboxylic acid groups (broad SMARTS) is 1. The smallest absolute Gasteiger partial charge is 0.307 e. The number of rotatable bonds is 5. The van der Waals surface area contributed by atoms with Crippen LogP contribution in [-0.2, 0) is 21.1 Å². The van der Waals surface area contributed by atoms with Crippen LogP contribution in [0.2, 0.25) is 0 Å². The second-order valence-electron chi connectivity index (χ2n) is 6.39. The Balaban J connectivity index is 2.16. The summed E-state index contributed by atoms with van der Waals surface area (Å²) in [6.07, 6.45) is 0.624. The zero-order valence-corrected chi connectivity index (χ0v) is 15.8. The van der Waals surface area contributed by atoms with Gasteiger partial charge < -0.3 is 9.84 Å². The van der Waals surface area contributed by atoms with E-state index in [1.165, 1.54) is 24.3 Å². The molecule has 0 spiro atoms. The van der Waals surface area contributed by atoms with E-state index in [-0.39, 0.29) is 17.9 Å². The van der Waals surface area contributed by atoms with Crippen LogP contribution in [-0.4, -0.2) is 25.7 Å². The van der Waals surface area contributed by atoms with Gasteiger partial charge in [-0.05, 0) is 47.7 Å². The minimum Gasteiger partial charge on any atom is -0.481 e. The van der Waals surface area contributed by atoms with E-state index in [4.69, 9.17) is 9.84 Å². The van der Waals surface area contributed by atoms with Crippen LogP contribution in [0.25, 0.3) is 10.8 Å². The maximum absolute atomic E-state index is 14.2. The molecular formula is C20H16F2O5S. The molecule has 0 aliphatic carbocycles. The summed E-state index contributed by atoms with van der Waals surface area (Å²) in [7, 11) is -3.74. The summed E-state index contributed by atoms with van der Waals surface area (Å²) in [5, 5.41) is 10.1. The topological polar surface area (TPSA) is 80.7 Å². The van der Waals surface area contributed by atoms with Crippen molar-refractivity contribution in [3.05, 3.63) is 65.2 Å². The molecule has 0 aromatic heterocycles. The molecule has 0 bridgehead atoms. The molecule has 0 aliphatic heterocycles. The third-order valence-electron chi connectivity index (χ3n) is 4.28. The van der Waals surface area contributed by atoms with Crippen molar-refractivity contribution < 1.29 is 31.8 Å². The van der Waals surface area contributed by atoms with Crippen molar-refractivity contribution in [2.45, 2.75) is 18.2 Å². The first-order chi connectivity index (χ1) is 13.1. The van der Waals surface area contributed by atoms with Gasteiger partial charge in [-0.3, -0.25) is 4.79 Å². The third kappa shape index (κ3) is 3.96. The first kappa shape index (κ1) is 19.8. The summed E-state index contributed by atoms with van der Waals surface area (Å²) in [6.45, 7) is 1.62. The molecular weight excluding hydrogens is 390 g/mol. The average Bonchev–Trinajstić information content (AvgIpc) is 2.57. The lowest BCUT2D eigenvalue weighted by atomic mass is 9.98. The van der Waals surface area contributed by atoms with Gasteiger partial charge in [0, 0.05) is 17.7 Å². The second-order valence-corrected chi connectivity index (χ2v) is 8.38. The van der Waals surface area contributed by atoms with Crippen LogP contribution in [0, 0.1) is 18.6 Å². The van der Waals surface area contributed by atoms with E-state index >= 15 is 0 Å². The number of hydrogen-bond donors (Lipinski definition) is 1. The quantitative estimate of drug-likeness (QED) is 0.685. The Bertz CT molecular complexity index is 1200. The lowest BCUT2D eigenvalue weighted by Gasteiger charge is -2.16. The Morgan fingerprint density at radius 2 is 1.82 bits per heavy atom. The van der Waals surface area contributed by atoms with Gasteiger partial charge in [0.25, 0.3) is 0 Å². The Kier molecular flexibility index (Phi) is 5.08. The summed E-state index contributed by atoms with van der Waals surface area (Å²) in [5.41, 5.74) is 0.933. The summed E-state index contributed by atoms with van der Waals surface area (Å²) in [4.78, 5) is 10.7. The van der Waals surface area contributed by atoms with E-state index in [9.17, 15) is 22.0 Å². The van der Waals surface area contributed by atoms with Crippen molar-refractivity contribution in [3.63, 3.8) is 0 Å². The number of benzene rings is 3. The average molecular weight is 406 g/mol. The normalized spacial score (nSPS) is 11.6. The molecule has 3 rings (SSSR count). The summed E-state index contributed by atoms with van der Waals surface area (Å²) in [6, 6.07) is 8.90. The Hall–Kier alpha value is -3.00. The first-order valence-electron chi connectivity index (χ1n) is 8.17. The molecule has 0 heterocycles. The highest BCUT2D eigenvalue weighted by Gasteiger charge is 2.18. The van der Waals surface area contributed by atoms with Gasteiger partial charge in [-0.25, -0.2) is 17.2 Å². The van der Waals surface area contributed by atoms with Crippen molar-refractivity contribution in [3.8, 4) is 11.5 Å². The fourth-order valence-electron chi connectivity index (χ4n) is 2.94. The van der Waals surface area contributed by atoms with Crippen molar-refractivity contribution >= 4 is 26.6 Å². The van der Waals surface area contributed by atoms with Crippen LogP contribution in [0.1, 0.15) is 11.1 Å². The standard InChI is InChI=1S/C20H16F2O5S/c1-11-13(8-19(23)24)7-12-3-4-14(21)9-16(12)20(11)27-15-5-6-18(17(22)10-15)28(2,25)26/h3-7,9-10H,8H2,1-2H3,(H,23,24). The van der Waals surface area contributed by atoms with Crippen molar-refractivity contribution in [2.75, 3.05) is 6.26 Å². The molecule has 0 radical (unpaired) electrons. The van der Waals surface area contributed by atoms with Crippen LogP contribution in [0.4, 0.5) is 8.78 Å². The number of halogens is 2. The fraction of sp³-hybridized carbons (Fsp3) is 0.150. The molecule has 3 aromatic rings. The summed E-state index contributed by atoms with van der Waals surface area (Å²) < 4.78 is 56.8. The minimum absolute atomic E-state index is 0.00559. The number of fused-ring (bicyclic) bond motifs is 1. The maximum atomic E-state index is 14.2. The fourth-order valence-corrected chi connectivity index (χ4v) is 3.66. The molecule has 0 amide bonds. The number of hydrogen-bond acceptors (Lipinski definition) is 4. The SMILES string of the molecule is Cc1c(CC(=O)O)cc2ccc(F)cc2c1Oc1ccc(S(C)(=O)=O)c(F)c1. The van der Waals surface area contributed by atoms with Gasteiger partial charge >= 0.3 is 5.97 Å². The Labute approximate surface area is 160 Å². The highest BCUT2D eigenvalue weighted by molar-refractivity contribution is 7.90.